The second-order valence-corrected chi connectivity index (χ2v) is 5.11. The number of aromatic nitrogens is 1. The van der Waals surface area contributed by atoms with Crippen molar-refractivity contribution in [1.82, 2.24) is 4.98 Å². The summed E-state index contributed by atoms with van der Waals surface area (Å²) >= 11 is 2.83. The summed E-state index contributed by atoms with van der Waals surface area (Å²) < 4.78 is 65.6. The zero-order valence-electron chi connectivity index (χ0n) is 7.59. The van der Waals surface area contributed by atoms with E-state index >= 15 is 0 Å². The normalized spacial score (nSPS) is 11.2. The molecule has 0 unspecified atom stereocenters. The topological polar surface area (TPSA) is 12.9 Å². The Bertz CT molecular complexity index is 635. The molecule has 2 rings (SSSR count). The van der Waals surface area contributed by atoms with E-state index in [2.05, 4.69) is 4.98 Å². The van der Waals surface area contributed by atoms with Gasteiger partial charge in [-0.3, -0.25) is 0 Å². The average molecular weight is 471 g/mol. The predicted molar refractivity (Wildman–Crippen MR) is 67.0 cm³/mol. The SMILES string of the molecule is Fc1c(F)c(F)c2c(I)c(F)c(I)nc2c1F. The van der Waals surface area contributed by atoms with E-state index in [1.165, 1.54) is 45.2 Å². The number of fused-ring (bicyclic) bond motifs is 1. The minimum atomic E-state index is -1.98. The monoisotopic (exact) mass is 471 g/mol. The summed E-state index contributed by atoms with van der Waals surface area (Å²) in [5, 5.41) is -0.695. The molecule has 0 bridgehead atoms. The Kier molecular flexibility index (Phi) is 3.45. The fraction of sp³-hybridized carbons (Fsp3) is 0. The van der Waals surface area contributed by atoms with Crippen molar-refractivity contribution in [3.63, 3.8) is 0 Å². The summed E-state index contributed by atoms with van der Waals surface area (Å²) in [6.07, 6.45) is 0. The van der Waals surface area contributed by atoms with E-state index in [4.69, 9.17) is 0 Å². The molecule has 1 aromatic heterocycles. The van der Waals surface area contributed by atoms with Gasteiger partial charge in [-0.2, -0.15) is 0 Å². The molecule has 90 valence electrons. The maximum atomic E-state index is 13.4. The highest BCUT2D eigenvalue weighted by Gasteiger charge is 2.25. The van der Waals surface area contributed by atoms with Gasteiger partial charge in [0.25, 0.3) is 0 Å². The number of pyridine rings is 1. The maximum absolute atomic E-state index is 13.4. The van der Waals surface area contributed by atoms with Gasteiger partial charge >= 0.3 is 0 Å². The fourth-order valence-corrected chi connectivity index (χ4v) is 3.05. The van der Waals surface area contributed by atoms with Crippen LogP contribution in [0, 0.1) is 36.4 Å². The van der Waals surface area contributed by atoms with E-state index < -0.39 is 40.0 Å². The van der Waals surface area contributed by atoms with Gasteiger partial charge in [-0.1, -0.05) is 0 Å². The highest BCUT2D eigenvalue weighted by Crippen LogP contribution is 2.31. The van der Waals surface area contributed by atoms with Gasteiger partial charge in [0, 0.05) is 0 Å². The highest BCUT2D eigenvalue weighted by molar-refractivity contribution is 14.1. The number of halogens is 7. The molecule has 0 fully saturated rings. The van der Waals surface area contributed by atoms with Crippen LogP contribution in [0.3, 0.4) is 0 Å². The van der Waals surface area contributed by atoms with Crippen LogP contribution < -0.4 is 0 Å². The lowest BCUT2D eigenvalue weighted by Crippen LogP contribution is -2.04. The van der Waals surface area contributed by atoms with E-state index in [9.17, 15) is 22.0 Å². The standard InChI is InChI=1S/C9F5I2N/c10-2-1-7(15)6(14)9(16)17-8(1)5(13)4(12)3(2)11. The van der Waals surface area contributed by atoms with E-state index in [1.54, 1.807) is 0 Å². The first-order valence-corrected chi connectivity index (χ1v) is 6.18. The highest BCUT2D eigenvalue weighted by atomic mass is 127. The van der Waals surface area contributed by atoms with Crippen LogP contribution in [0.25, 0.3) is 10.9 Å². The van der Waals surface area contributed by atoms with Gasteiger partial charge in [0.1, 0.15) is 9.22 Å². The fourth-order valence-electron chi connectivity index (χ4n) is 1.27. The molecule has 0 saturated carbocycles. The Morgan fingerprint density at radius 3 is 1.82 bits per heavy atom. The van der Waals surface area contributed by atoms with Crippen LogP contribution in [-0.2, 0) is 0 Å². The van der Waals surface area contributed by atoms with Gasteiger partial charge in [0.15, 0.2) is 29.1 Å². The number of nitrogens with zero attached hydrogens (tertiary/aromatic N) is 1. The smallest absolute Gasteiger partial charge is 0.199 e. The Morgan fingerprint density at radius 2 is 1.24 bits per heavy atom. The van der Waals surface area contributed by atoms with Crippen LogP contribution in [0.2, 0.25) is 0 Å². The van der Waals surface area contributed by atoms with Crippen LogP contribution in [-0.4, -0.2) is 4.98 Å². The third kappa shape index (κ3) is 1.88. The number of rotatable bonds is 0. The number of hydrogen-bond donors (Lipinski definition) is 0. The van der Waals surface area contributed by atoms with Gasteiger partial charge in [-0.05, 0) is 45.2 Å². The molecule has 0 aliphatic heterocycles. The first-order valence-electron chi connectivity index (χ1n) is 4.02. The summed E-state index contributed by atoms with van der Waals surface area (Å²) in [5.41, 5.74) is -0.725. The summed E-state index contributed by atoms with van der Waals surface area (Å²) in [5.74, 6) is -8.11. The molecule has 0 saturated heterocycles. The molecular formula is C9F5I2N. The first kappa shape index (κ1) is 13.2. The summed E-state index contributed by atoms with van der Waals surface area (Å²) in [4.78, 5) is 3.38. The van der Waals surface area contributed by atoms with Crippen LogP contribution >= 0.6 is 45.2 Å². The molecule has 0 aliphatic carbocycles. The van der Waals surface area contributed by atoms with Gasteiger partial charge in [-0.15, -0.1) is 0 Å². The second kappa shape index (κ2) is 4.44. The molecular weight excluding hydrogens is 471 g/mol. The lowest BCUT2D eigenvalue weighted by Gasteiger charge is -2.07. The molecule has 0 N–H and O–H groups in total. The first-order chi connectivity index (χ1) is 7.86. The molecule has 0 atom stereocenters. The van der Waals surface area contributed by atoms with Gasteiger partial charge in [0.05, 0.1) is 8.96 Å². The number of hydrogen-bond acceptors (Lipinski definition) is 1. The van der Waals surface area contributed by atoms with Gasteiger partial charge in [0.2, 0.25) is 0 Å². The Balaban J connectivity index is 3.12. The van der Waals surface area contributed by atoms with Crippen molar-refractivity contribution in [1.29, 1.82) is 0 Å². The van der Waals surface area contributed by atoms with Crippen LogP contribution in [0.4, 0.5) is 22.0 Å². The van der Waals surface area contributed by atoms with Crippen molar-refractivity contribution in [2.24, 2.45) is 0 Å². The molecule has 1 heterocycles. The van der Waals surface area contributed by atoms with Crippen molar-refractivity contribution in [2.75, 3.05) is 0 Å². The molecule has 8 heteroatoms. The summed E-state index contributed by atoms with van der Waals surface area (Å²) in [6.45, 7) is 0. The van der Waals surface area contributed by atoms with Crippen LogP contribution in [0.15, 0.2) is 0 Å². The Morgan fingerprint density at radius 1 is 0.706 bits per heavy atom. The third-order valence-corrected chi connectivity index (χ3v) is 3.77. The van der Waals surface area contributed by atoms with Crippen molar-refractivity contribution in [2.45, 2.75) is 0 Å². The lowest BCUT2D eigenvalue weighted by atomic mass is 10.2. The Labute approximate surface area is 119 Å². The van der Waals surface area contributed by atoms with E-state index in [0.717, 1.165) is 0 Å². The molecule has 2 aromatic rings. The van der Waals surface area contributed by atoms with Crippen molar-refractivity contribution >= 4 is 56.1 Å². The average Bonchev–Trinajstić information content (AvgIpc) is 2.30. The second-order valence-electron chi connectivity index (χ2n) is 3.01. The zero-order chi connectivity index (χ0) is 12.9. The van der Waals surface area contributed by atoms with Gasteiger partial charge < -0.3 is 0 Å². The van der Waals surface area contributed by atoms with Crippen LogP contribution in [0.5, 0.6) is 0 Å². The van der Waals surface area contributed by atoms with Crippen molar-refractivity contribution in [3.8, 4) is 0 Å². The molecule has 1 aromatic carbocycles. The summed E-state index contributed by atoms with van der Waals surface area (Å²) in [6, 6.07) is 0. The lowest BCUT2D eigenvalue weighted by molar-refractivity contribution is 0.416. The molecule has 0 aliphatic rings. The molecule has 1 nitrogen and oxygen atoms in total. The van der Waals surface area contributed by atoms with Crippen LogP contribution in [0.1, 0.15) is 0 Å². The minimum absolute atomic E-state index is 0.246. The van der Waals surface area contributed by atoms with E-state index in [0.29, 0.717) is 0 Å². The van der Waals surface area contributed by atoms with Crippen molar-refractivity contribution < 1.29 is 22.0 Å². The van der Waals surface area contributed by atoms with E-state index in [1.807, 2.05) is 0 Å². The molecule has 0 radical (unpaired) electrons. The maximum Gasteiger partial charge on any atom is 0.199 e. The minimum Gasteiger partial charge on any atom is -0.235 e. The molecule has 0 spiro atoms. The third-order valence-electron chi connectivity index (χ3n) is 2.05. The summed E-state index contributed by atoms with van der Waals surface area (Å²) in [7, 11) is 0. The molecule has 17 heavy (non-hydrogen) atoms. The zero-order valence-corrected chi connectivity index (χ0v) is 11.9. The molecule has 0 amide bonds. The van der Waals surface area contributed by atoms with E-state index in [-0.39, 0.29) is 7.27 Å². The quantitative estimate of drug-likeness (QED) is 0.185. The largest absolute Gasteiger partial charge is 0.235 e. The van der Waals surface area contributed by atoms with Gasteiger partial charge in [-0.25, -0.2) is 26.9 Å². The Hall–Kier alpha value is -0.260. The number of benzene rings is 1. The van der Waals surface area contributed by atoms with Crippen molar-refractivity contribution in [3.05, 3.63) is 36.4 Å². The predicted octanol–water partition coefficient (Wildman–Crippen LogP) is 4.14.